The number of ether oxygens (including phenoxy) is 2. The highest BCUT2D eigenvalue weighted by molar-refractivity contribution is 5.82. The third-order valence-electron chi connectivity index (χ3n) is 6.35. The van der Waals surface area contributed by atoms with E-state index in [0.29, 0.717) is 19.5 Å². The van der Waals surface area contributed by atoms with Crippen LogP contribution in [0.5, 0.6) is 11.5 Å². The van der Waals surface area contributed by atoms with Crippen molar-refractivity contribution < 1.29 is 14.3 Å². The number of methoxy groups -OCH3 is 2. The zero-order chi connectivity index (χ0) is 22.6. The van der Waals surface area contributed by atoms with E-state index in [2.05, 4.69) is 28.1 Å². The Morgan fingerprint density at radius 2 is 1.72 bits per heavy atom. The molecule has 2 aromatic carbocycles. The van der Waals surface area contributed by atoms with E-state index in [1.54, 1.807) is 26.6 Å². The monoisotopic (exact) mass is 431 g/mol. The molecule has 1 amide bonds. The van der Waals surface area contributed by atoms with Crippen LogP contribution in [0.25, 0.3) is 11.1 Å². The summed E-state index contributed by atoms with van der Waals surface area (Å²) in [6.07, 6.45) is 4.90. The Morgan fingerprint density at radius 1 is 1.03 bits per heavy atom. The lowest BCUT2D eigenvalue weighted by Crippen LogP contribution is -2.41. The Hall–Kier alpha value is -3.38. The van der Waals surface area contributed by atoms with Crippen LogP contribution in [0.4, 0.5) is 0 Å². The van der Waals surface area contributed by atoms with Gasteiger partial charge in [-0.05, 0) is 60.3 Å². The molecule has 1 fully saturated rings. The number of hydrogen-bond acceptors (Lipinski definition) is 5. The summed E-state index contributed by atoms with van der Waals surface area (Å²) in [5.74, 6) is 1.32. The summed E-state index contributed by atoms with van der Waals surface area (Å²) < 4.78 is 11.1. The molecule has 166 valence electrons. The Labute approximate surface area is 189 Å². The molecule has 2 N–H and O–H groups in total. The van der Waals surface area contributed by atoms with Crippen molar-refractivity contribution in [2.75, 3.05) is 27.3 Å². The standard InChI is InChI=1S/C26H29N3O3/c1-31-23-7-4-8-24(32-2)22(23)17-29-14-11-26(18-29,25(27)30)16-19-5-3-6-21(15-19)20-9-12-28-13-10-20/h3-10,12-13,15H,11,14,16-18H2,1-2H3,(H2,27,30)/t26-/m1/s1. The molecule has 1 aliphatic rings. The van der Waals surface area contributed by atoms with Gasteiger partial charge in [0.05, 0.1) is 25.2 Å². The van der Waals surface area contributed by atoms with Crippen molar-refractivity contribution >= 4 is 5.91 Å². The Bertz CT molecular complexity index is 1060. The van der Waals surface area contributed by atoms with Crippen molar-refractivity contribution in [2.24, 2.45) is 11.1 Å². The number of rotatable bonds is 8. The van der Waals surface area contributed by atoms with E-state index in [4.69, 9.17) is 15.2 Å². The molecule has 0 saturated carbocycles. The van der Waals surface area contributed by atoms with Crippen molar-refractivity contribution in [3.63, 3.8) is 0 Å². The van der Waals surface area contributed by atoms with Crippen LogP contribution in [-0.4, -0.2) is 43.1 Å². The fourth-order valence-electron chi connectivity index (χ4n) is 4.63. The van der Waals surface area contributed by atoms with Crippen LogP contribution in [0.1, 0.15) is 17.5 Å². The summed E-state index contributed by atoms with van der Waals surface area (Å²) in [7, 11) is 3.32. The fourth-order valence-corrected chi connectivity index (χ4v) is 4.63. The Balaban J connectivity index is 1.55. The number of nitrogens with zero attached hydrogens (tertiary/aromatic N) is 2. The Morgan fingerprint density at radius 3 is 2.38 bits per heavy atom. The summed E-state index contributed by atoms with van der Waals surface area (Å²) >= 11 is 0. The number of carbonyl (C=O) groups is 1. The smallest absolute Gasteiger partial charge is 0.225 e. The molecule has 1 aliphatic heterocycles. The predicted octanol–water partition coefficient (Wildman–Crippen LogP) is 3.69. The molecule has 0 spiro atoms. The molecule has 0 radical (unpaired) electrons. The van der Waals surface area contributed by atoms with Gasteiger partial charge in [0.15, 0.2) is 0 Å². The highest BCUT2D eigenvalue weighted by atomic mass is 16.5. The third kappa shape index (κ3) is 4.46. The second kappa shape index (κ2) is 9.40. The fraction of sp³-hybridized carbons (Fsp3) is 0.308. The van der Waals surface area contributed by atoms with Crippen LogP contribution in [0.2, 0.25) is 0 Å². The maximum atomic E-state index is 12.7. The zero-order valence-corrected chi connectivity index (χ0v) is 18.6. The van der Waals surface area contributed by atoms with E-state index < -0.39 is 5.41 Å². The zero-order valence-electron chi connectivity index (χ0n) is 18.6. The van der Waals surface area contributed by atoms with Gasteiger partial charge >= 0.3 is 0 Å². The predicted molar refractivity (Wildman–Crippen MR) is 124 cm³/mol. The maximum absolute atomic E-state index is 12.7. The lowest BCUT2D eigenvalue weighted by atomic mass is 9.79. The number of benzene rings is 2. The molecule has 2 heterocycles. The van der Waals surface area contributed by atoms with Crippen molar-refractivity contribution in [3.05, 3.63) is 78.1 Å². The summed E-state index contributed by atoms with van der Waals surface area (Å²) in [6.45, 7) is 2.02. The van der Waals surface area contributed by atoms with Gasteiger partial charge in [0, 0.05) is 25.5 Å². The van der Waals surface area contributed by atoms with Crippen LogP contribution in [0.15, 0.2) is 67.0 Å². The van der Waals surface area contributed by atoms with Crippen LogP contribution >= 0.6 is 0 Å². The van der Waals surface area contributed by atoms with Crippen LogP contribution in [0.3, 0.4) is 0 Å². The summed E-state index contributed by atoms with van der Waals surface area (Å²) in [5.41, 5.74) is 9.67. The molecular formula is C26H29N3O3. The van der Waals surface area contributed by atoms with E-state index >= 15 is 0 Å². The molecule has 1 atom stereocenters. The van der Waals surface area contributed by atoms with Gasteiger partial charge in [-0.1, -0.05) is 30.3 Å². The second-order valence-corrected chi connectivity index (χ2v) is 8.36. The van der Waals surface area contributed by atoms with Gasteiger partial charge in [-0.2, -0.15) is 0 Å². The first-order valence-corrected chi connectivity index (χ1v) is 10.8. The van der Waals surface area contributed by atoms with E-state index in [1.807, 2.05) is 36.4 Å². The number of likely N-dealkylation sites (tertiary alicyclic amines) is 1. The highest BCUT2D eigenvalue weighted by Gasteiger charge is 2.43. The quantitative estimate of drug-likeness (QED) is 0.589. The Kier molecular flexibility index (Phi) is 6.42. The first-order chi connectivity index (χ1) is 15.5. The number of nitrogens with two attached hydrogens (primary N) is 1. The van der Waals surface area contributed by atoms with Gasteiger partial charge in [0.1, 0.15) is 11.5 Å². The van der Waals surface area contributed by atoms with Crippen LogP contribution < -0.4 is 15.2 Å². The maximum Gasteiger partial charge on any atom is 0.225 e. The van der Waals surface area contributed by atoms with Gasteiger partial charge < -0.3 is 15.2 Å². The molecule has 1 aromatic heterocycles. The van der Waals surface area contributed by atoms with Gasteiger partial charge in [-0.25, -0.2) is 0 Å². The number of carbonyl (C=O) groups excluding carboxylic acids is 1. The van der Waals surface area contributed by atoms with Crippen molar-refractivity contribution in [2.45, 2.75) is 19.4 Å². The minimum absolute atomic E-state index is 0.249. The van der Waals surface area contributed by atoms with Gasteiger partial charge in [0.2, 0.25) is 5.91 Å². The van der Waals surface area contributed by atoms with E-state index in [0.717, 1.165) is 46.7 Å². The average Bonchev–Trinajstić information content (AvgIpc) is 3.23. The summed E-state index contributed by atoms with van der Waals surface area (Å²) in [4.78, 5) is 19.0. The molecule has 0 bridgehead atoms. The highest BCUT2D eigenvalue weighted by Crippen LogP contribution is 2.38. The molecule has 1 saturated heterocycles. The summed E-state index contributed by atoms with van der Waals surface area (Å²) in [6, 6.07) is 18.1. The third-order valence-corrected chi connectivity index (χ3v) is 6.35. The number of amides is 1. The number of primary amides is 1. The average molecular weight is 432 g/mol. The summed E-state index contributed by atoms with van der Waals surface area (Å²) in [5, 5.41) is 0. The normalized spacial score (nSPS) is 18.4. The lowest BCUT2D eigenvalue weighted by molar-refractivity contribution is -0.127. The van der Waals surface area contributed by atoms with Gasteiger partial charge in [-0.3, -0.25) is 14.7 Å². The minimum Gasteiger partial charge on any atom is -0.496 e. The van der Waals surface area contributed by atoms with Crippen molar-refractivity contribution in [1.82, 2.24) is 9.88 Å². The van der Waals surface area contributed by atoms with Crippen molar-refractivity contribution in [3.8, 4) is 22.6 Å². The topological polar surface area (TPSA) is 77.7 Å². The molecule has 32 heavy (non-hydrogen) atoms. The number of aromatic nitrogens is 1. The second-order valence-electron chi connectivity index (χ2n) is 8.36. The first kappa shape index (κ1) is 21.8. The van der Waals surface area contributed by atoms with Crippen LogP contribution in [-0.2, 0) is 17.8 Å². The van der Waals surface area contributed by atoms with E-state index in [-0.39, 0.29) is 5.91 Å². The molecule has 0 unspecified atom stereocenters. The molecule has 4 rings (SSSR count). The number of hydrogen-bond donors (Lipinski definition) is 1. The van der Waals surface area contributed by atoms with E-state index in [1.165, 1.54) is 0 Å². The minimum atomic E-state index is -0.605. The molecule has 0 aliphatic carbocycles. The SMILES string of the molecule is COc1cccc(OC)c1CN1CC[C@](Cc2cccc(-c3ccncc3)c2)(C(N)=O)C1. The lowest BCUT2D eigenvalue weighted by Gasteiger charge is -2.27. The molecule has 3 aromatic rings. The van der Waals surface area contributed by atoms with Crippen LogP contribution in [0, 0.1) is 5.41 Å². The van der Waals surface area contributed by atoms with E-state index in [9.17, 15) is 4.79 Å². The largest absolute Gasteiger partial charge is 0.496 e. The molecule has 6 heteroatoms. The van der Waals surface area contributed by atoms with Gasteiger partial charge in [-0.15, -0.1) is 0 Å². The molecule has 6 nitrogen and oxygen atoms in total. The van der Waals surface area contributed by atoms with Crippen molar-refractivity contribution in [1.29, 1.82) is 0 Å². The number of pyridine rings is 1. The molecular weight excluding hydrogens is 402 g/mol. The van der Waals surface area contributed by atoms with Gasteiger partial charge in [0.25, 0.3) is 0 Å². The first-order valence-electron chi connectivity index (χ1n) is 10.8.